The van der Waals surface area contributed by atoms with E-state index in [1.807, 2.05) is 48.5 Å². The molecule has 0 spiro atoms. The van der Waals surface area contributed by atoms with E-state index in [9.17, 15) is 0 Å². The van der Waals surface area contributed by atoms with Crippen molar-refractivity contribution in [3.63, 3.8) is 0 Å². The van der Waals surface area contributed by atoms with Crippen LogP contribution in [-0.4, -0.2) is 19.7 Å². The van der Waals surface area contributed by atoms with Crippen LogP contribution in [0.3, 0.4) is 0 Å². The highest BCUT2D eigenvalue weighted by Gasteiger charge is 2.15. The summed E-state index contributed by atoms with van der Waals surface area (Å²) in [5.74, 6) is 0. The van der Waals surface area contributed by atoms with Crippen molar-refractivity contribution in [2.45, 2.75) is 0 Å². The molecule has 0 aliphatic heterocycles. The van der Waals surface area contributed by atoms with Crippen molar-refractivity contribution in [2.24, 2.45) is 0 Å². The van der Waals surface area contributed by atoms with Crippen molar-refractivity contribution in [2.75, 3.05) is 0 Å². The van der Waals surface area contributed by atoms with Crippen LogP contribution >= 0.6 is 27.5 Å². The van der Waals surface area contributed by atoms with Gasteiger partial charge in [0.25, 0.3) is 0 Å². The highest BCUT2D eigenvalue weighted by atomic mass is 79.9. The molecule has 0 unspecified atom stereocenters. The summed E-state index contributed by atoms with van der Waals surface area (Å²) in [4.78, 5) is 8.90. The van der Waals surface area contributed by atoms with E-state index in [4.69, 9.17) is 16.7 Å². The molecule has 4 aromatic rings. The Morgan fingerprint density at radius 1 is 0.870 bits per heavy atom. The maximum absolute atomic E-state index is 5.98. The van der Waals surface area contributed by atoms with Crippen molar-refractivity contribution in [1.29, 1.82) is 0 Å². The Hall–Kier alpha value is -2.24. The molecule has 0 amide bonds. The minimum absolute atomic E-state index is 0.691. The van der Waals surface area contributed by atoms with Crippen LogP contribution in [0.4, 0.5) is 0 Å². The fourth-order valence-corrected chi connectivity index (χ4v) is 2.80. The second-order valence-electron chi connectivity index (χ2n) is 4.97. The van der Waals surface area contributed by atoms with E-state index >= 15 is 0 Å². The second-order valence-corrected chi connectivity index (χ2v) is 6.32. The summed E-state index contributed by atoms with van der Waals surface area (Å²) in [6.07, 6.45) is 3.35. The van der Waals surface area contributed by atoms with Crippen LogP contribution in [0, 0.1) is 0 Å². The molecule has 0 atom stereocenters. The minimum atomic E-state index is 0.691. The molecule has 2 aromatic carbocycles. The number of halogens is 2. The molecule has 23 heavy (non-hydrogen) atoms. The van der Waals surface area contributed by atoms with Gasteiger partial charge in [-0.15, -0.1) is 0 Å². The first-order valence-electron chi connectivity index (χ1n) is 6.94. The maximum atomic E-state index is 5.98. The van der Waals surface area contributed by atoms with E-state index < -0.39 is 0 Å². The summed E-state index contributed by atoms with van der Waals surface area (Å²) in [5.41, 5.74) is 4.15. The molecule has 2 aromatic heterocycles. The Labute approximate surface area is 145 Å². The third kappa shape index (κ3) is 2.62. The van der Waals surface area contributed by atoms with Gasteiger partial charge in [-0.05, 0) is 36.4 Å². The summed E-state index contributed by atoms with van der Waals surface area (Å²) in [5, 5.41) is 5.41. The summed E-state index contributed by atoms with van der Waals surface area (Å²) >= 11 is 9.42. The van der Waals surface area contributed by atoms with Gasteiger partial charge in [-0.1, -0.05) is 39.7 Å². The topological polar surface area (TPSA) is 43.6 Å². The van der Waals surface area contributed by atoms with E-state index in [1.54, 1.807) is 17.1 Å². The number of benzene rings is 2. The van der Waals surface area contributed by atoms with E-state index in [1.165, 1.54) is 0 Å². The zero-order valence-electron chi connectivity index (χ0n) is 11.8. The van der Waals surface area contributed by atoms with Crippen LogP contribution in [0.5, 0.6) is 0 Å². The third-order valence-electron chi connectivity index (χ3n) is 3.49. The largest absolute Gasteiger partial charge is 0.249 e. The van der Waals surface area contributed by atoms with Crippen LogP contribution in [-0.2, 0) is 0 Å². The fraction of sp³-hybridized carbons (Fsp3) is 0. The zero-order chi connectivity index (χ0) is 15.8. The average Bonchev–Trinajstić information content (AvgIpc) is 2.96. The standard InChI is InChI=1S/C17H10BrClN4/c18-12-3-7-14(8-4-12)23-17-16(20-9-10-21-17)15(22-23)11-1-5-13(19)6-2-11/h1-10H. The summed E-state index contributed by atoms with van der Waals surface area (Å²) in [7, 11) is 0. The third-order valence-corrected chi connectivity index (χ3v) is 4.27. The van der Waals surface area contributed by atoms with Crippen LogP contribution < -0.4 is 0 Å². The Balaban J connectivity index is 1.96. The van der Waals surface area contributed by atoms with Gasteiger partial charge in [-0.2, -0.15) is 5.10 Å². The molecular formula is C17H10BrClN4. The Bertz CT molecular complexity index is 898. The number of nitrogens with zero attached hydrogens (tertiary/aromatic N) is 4. The number of hydrogen-bond donors (Lipinski definition) is 0. The molecule has 0 saturated carbocycles. The Kier molecular flexibility index (Phi) is 3.59. The van der Waals surface area contributed by atoms with Crippen molar-refractivity contribution in [3.8, 4) is 16.9 Å². The van der Waals surface area contributed by atoms with Crippen LogP contribution in [0.15, 0.2) is 65.4 Å². The summed E-state index contributed by atoms with van der Waals surface area (Å²) in [6.45, 7) is 0. The molecule has 2 heterocycles. The van der Waals surface area contributed by atoms with Gasteiger partial charge in [0, 0.05) is 27.5 Å². The lowest BCUT2D eigenvalue weighted by atomic mass is 10.1. The molecule has 4 rings (SSSR count). The lowest BCUT2D eigenvalue weighted by Gasteiger charge is -2.02. The molecule has 0 fully saturated rings. The van der Waals surface area contributed by atoms with Gasteiger partial charge >= 0.3 is 0 Å². The normalized spacial score (nSPS) is 11.0. The van der Waals surface area contributed by atoms with Gasteiger partial charge in [0.05, 0.1) is 5.69 Å². The van der Waals surface area contributed by atoms with Crippen LogP contribution in [0.2, 0.25) is 5.02 Å². The second kappa shape index (κ2) is 5.76. The first-order valence-corrected chi connectivity index (χ1v) is 8.11. The Morgan fingerprint density at radius 2 is 1.57 bits per heavy atom. The van der Waals surface area contributed by atoms with E-state index in [0.717, 1.165) is 32.6 Å². The molecular weight excluding hydrogens is 376 g/mol. The van der Waals surface area contributed by atoms with Gasteiger partial charge in [-0.25, -0.2) is 14.6 Å². The SMILES string of the molecule is Clc1ccc(-c2nn(-c3ccc(Br)cc3)c3nccnc23)cc1. The van der Waals surface area contributed by atoms with E-state index in [0.29, 0.717) is 5.02 Å². The van der Waals surface area contributed by atoms with Crippen LogP contribution in [0.25, 0.3) is 28.1 Å². The predicted molar refractivity (Wildman–Crippen MR) is 94.8 cm³/mol. The molecule has 0 aliphatic carbocycles. The minimum Gasteiger partial charge on any atom is -0.249 e. The molecule has 0 saturated heterocycles. The highest BCUT2D eigenvalue weighted by Crippen LogP contribution is 2.28. The lowest BCUT2D eigenvalue weighted by Crippen LogP contribution is -1.97. The molecule has 0 radical (unpaired) electrons. The highest BCUT2D eigenvalue weighted by molar-refractivity contribution is 9.10. The number of aromatic nitrogens is 4. The fourth-order valence-electron chi connectivity index (χ4n) is 2.41. The van der Waals surface area contributed by atoms with Crippen molar-refractivity contribution < 1.29 is 0 Å². The van der Waals surface area contributed by atoms with Gasteiger partial charge in [0.1, 0.15) is 11.2 Å². The van der Waals surface area contributed by atoms with Gasteiger partial charge < -0.3 is 0 Å². The van der Waals surface area contributed by atoms with Gasteiger partial charge in [-0.3, -0.25) is 0 Å². The van der Waals surface area contributed by atoms with Crippen molar-refractivity contribution in [1.82, 2.24) is 19.7 Å². The predicted octanol–water partition coefficient (Wildman–Crippen LogP) is 4.90. The number of fused-ring (bicyclic) bond motifs is 1. The van der Waals surface area contributed by atoms with Gasteiger partial charge in [0.15, 0.2) is 5.65 Å². The summed E-state index contributed by atoms with van der Waals surface area (Å²) < 4.78 is 2.82. The molecule has 0 aliphatic rings. The molecule has 6 heteroatoms. The number of hydrogen-bond acceptors (Lipinski definition) is 3. The quantitative estimate of drug-likeness (QED) is 0.493. The first-order chi connectivity index (χ1) is 11.2. The molecule has 112 valence electrons. The summed E-state index contributed by atoms with van der Waals surface area (Å²) in [6, 6.07) is 15.5. The van der Waals surface area contributed by atoms with Crippen molar-refractivity contribution in [3.05, 3.63) is 70.4 Å². The van der Waals surface area contributed by atoms with Crippen molar-refractivity contribution >= 4 is 38.7 Å². The monoisotopic (exact) mass is 384 g/mol. The molecule has 0 N–H and O–H groups in total. The average molecular weight is 386 g/mol. The van der Waals surface area contributed by atoms with E-state index in [-0.39, 0.29) is 0 Å². The van der Waals surface area contributed by atoms with Crippen LogP contribution in [0.1, 0.15) is 0 Å². The number of rotatable bonds is 2. The smallest absolute Gasteiger partial charge is 0.182 e. The van der Waals surface area contributed by atoms with E-state index in [2.05, 4.69) is 25.9 Å². The van der Waals surface area contributed by atoms with Gasteiger partial charge in [0.2, 0.25) is 0 Å². The molecule has 4 nitrogen and oxygen atoms in total. The Morgan fingerprint density at radius 3 is 2.30 bits per heavy atom. The first kappa shape index (κ1) is 14.4. The lowest BCUT2D eigenvalue weighted by molar-refractivity contribution is 0.900. The maximum Gasteiger partial charge on any atom is 0.182 e. The zero-order valence-corrected chi connectivity index (χ0v) is 14.2. The molecule has 0 bridgehead atoms.